The number of methoxy groups -OCH3 is 2. The summed E-state index contributed by atoms with van der Waals surface area (Å²) in [6, 6.07) is 5.45. The van der Waals surface area contributed by atoms with E-state index in [1.54, 1.807) is 6.07 Å². The molecule has 29 heavy (non-hydrogen) atoms. The lowest BCUT2D eigenvalue weighted by Crippen LogP contribution is -2.28. The fourth-order valence-electron chi connectivity index (χ4n) is 3.68. The van der Waals surface area contributed by atoms with Crippen LogP contribution < -0.4 is 10.2 Å². The van der Waals surface area contributed by atoms with Gasteiger partial charge < -0.3 is 24.6 Å². The van der Waals surface area contributed by atoms with Gasteiger partial charge in [0.25, 0.3) is 5.91 Å². The molecule has 2 aliphatic heterocycles. The zero-order valence-electron chi connectivity index (χ0n) is 16.9. The maximum Gasteiger partial charge on any atom is 0.354 e. The van der Waals surface area contributed by atoms with Gasteiger partial charge in [0.05, 0.1) is 31.7 Å². The maximum absolute atomic E-state index is 12.8. The molecule has 8 heteroatoms. The maximum atomic E-state index is 12.8. The minimum absolute atomic E-state index is 0.0323. The number of nitrogens with one attached hydrogen (secondary N) is 1. The van der Waals surface area contributed by atoms with Crippen molar-refractivity contribution in [3.05, 3.63) is 35.5 Å². The van der Waals surface area contributed by atoms with Crippen LogP contribution in [0.3, 0.4) is 0 Å². The van der Waals surface area contributed by atoms with Gasteiger partial charge in [-0.1, -0.05) is 0 Å². The first kappa shape index (κ1) is 20.7. The number of rotatable bonds is 6. The van der Waals surface area contributed by atoms with Crippen molar-refractivity contribution in [3.63, 3.8) is 0 Å². The zero-order valence-corrected chi connectivity index (χ0v) is 16.9. The van der Waals surface area contributed by atoms with E-state index >= 15 is 0 Å². The third-order valence-corrected chi connectivity index (χ3v) is 5.22. The van der Waals surface area contributed by atoms with Gasteiger partial charge in [-0.2, -0.15) is 0 Å². The highest BCUT2D eigenvalue weighted by molar-refractivity contribution is 6.01. The van der Waals surface area contributed by atoms with Crippen LogP contribution in [-0.2, 0) is 19.1 Å². The number of carbonyl (C=O) groups is 3. The van der Waals surface area contributed by atoms with Gasteiger partial charge in [0.1, 0.15) is 5.70 Å². The highest BCUT2D eigenvalue weighted by Gasteiger charge is 2.23. The normalized spacial score (nSPS) is 16.7. The fourth-order valence-corrected chi connectivity index (χ4v) is 3.68. The van der Waals surface area contributed by atoms with Gasteiger partial charge in [0.2, 0.25) is 0 Å². The van der Waals surface area contributed by atoms with Gasteiger partial charge in [0, 0.05) is 31.7 Å². The summed E-state index contributed by atoms with van der Waals surface area (Å²) in [5.74, 6) is -1.40. The predicted molar refractivity (Wildman–Crippen MR) is 109 cm³/mol. The number of anilines is 2. The number of benzene rings is 1. The van der Waals surface area contributed by atoms with E-state index in [1.165, 1.54) is 14.2 Å². The third-order valence-electron chi connectivity index (χ3n) is 5.22. The monoisotopic (exact) mass is 401 g/mol. The molecular formula is C21H27N3O5. The lowest BCUT2D eigenvalue weighted by Gasteiger charge is -2.24. The van der Waals surface area contributed by atoms with Crippen molar-refractivity contribution in [2.45, 2.75) is 25.7 Å². The van der Waals surface area contributed by atoms with Crippen LogP contribution in [0.15, 0.2) is 30.0 Å². The summed E-state index contributed by atoms with van der Waals surface area (Å²) in [6.45, 7) is 3.29. The Morgan fingerprint density at radius 1 is 0.966 bits per heavy atom. The molecular weight excluding hydrogens is 374 g/mol. The van der Waals surface area contributed by atoms with E-state index in [1.807, 2.05) is 17.0 Å². The van der Waals surface area contributed by atoms with Crippen LogP contribution in [-0.4, -0.2) is 63.1 Å². The number of esters is 2. The van der Waals surface area contributed by atoms with Crippen molar-refractivity contribution >= 4 is 29.2 Å². The van der Waals surface area contributed by atoms with Gasteiger partial charge in [-0.25, -0.2) is 9.59 Å². The van der Waals surface area contributed by atoms with E-state index in [0.29, 0.717) is 11.3 Å². The van der Waals surface area contributed by atoms with E-state index in [0.717, 1.165) is 63.6 Å². The average molecular weight is 401 g/mol. The molecule has 2 heterocycles. The molecule has 1 aromatic carbocycles. The molecule has 1 amide bonds. The van der Waals surface area contributed by atoms with Crippen molar-refractivity contribution in [2.24, 2.45) is 0 Å². The topological polar surface area (TPSA) is 88.2 Å². The Hall–Kier alpha value is -3.03. The molecule has 2 aliphatic rings. The van der Waals surface area contributed by atoms with Gasteiger partial charge in [-0.05, 0) is 43.9 Å². The molecule has 0 unspecified atom stereocenters. The van der Waals surface area contributed by atoms with Gasteiger partial charge in [-0.15, -0.1) is 0 Å². The van der Waals surface area contributed by atoms with E-state index in [-0.39, 0.29) is 11.6 Å². The quantitative estimate of drug-likeness (QED) is 0.577. The number of nitrogens with zero attached hydrogens (tertiary/aromatic N) is 2. The Labute approximate surface area is 170 Å². The SMILES string of the molecule is COC(=O)/C=C(/Nc1cc(C(=O)N2CCCC2)ccc1N1CCCC1)C(=O)OC. The number of hydrogen-bond donors (Lipinski definition) is 1. The standard InChI is InChI=1S/C21H27N3O5/c1-28-19(25)14-17(21(27)29-2)22-16-13-15(20(26)24-11-5-6-12-24)7-8-18(16)23-9-3-4-10-23/h7-8,13-14,22H,3-6,9-12H2,1-2H3/b17-14+. The number of likely N-dealkylation sites (tertiary alicyclic amines) is 1. The Bertz CT molecular complexity index is 809. The highest BCUT2D eigenvalue weighted by atomic mass is 16.5. The molecule has 0 atom stereocenters. The van der Waals surface area contributed by atoms with Crippen LogP contribution in [0.1, 0.15) is 36.0 Å². The fraction of sp³-hybridized carbons (Fsp3) is 0.476. The summed E-state index contributed by atoms with van der Waals surface area (Å²) in [6.07, 6.45) is 5.23. The van der Waals surface area contributed by atoms with Crippen molar-refractivity contribution in [1.82, 2.24) is 4.90 Å². The summed E-state index contributed by atoms with van der Waals surface area (Å²) in [5, 5.41) is 3.00. The van der Waals surface area contributed by atoms with Crippen LogP contribution >= 0.6 is 0 Å². The largest absolute Gasteiger partial charge is 0.466 e. The number of ether oxygens (including phenoxy) is 2. The van der Waals surface area contributed by atoms with Gasteiger partial charge in [-0.3, -0.25) is 4.79 Å². The smallest absolute Gasteiger partial charge is 0.354 e. The minimum Gasteiger partial charge on any atom is -0.466 e. The van der Waals surface area contributed by atoms with Gasteiger partial charge in [0.15, 0.2) is 0 Å². The van der Waals surface area contributed by atoms with E-state index < -0.39 is 11.9 Å². The number of carbonyl (C=O) groups excluding carboxylic acids is 3. The third kappa shape index (κ3) is 4.88. The van der Waals surface area contributed by atoms with Crippen LogP contribution in [0.2, 0.25) is 0 Å². The van der Waals surface area contributed by atoms with Crippen LogP contribution in [0.5, 0.6) is 0 Å². The van der Waals surface area contributed by atoms with E-state index in [9.17, 15) is 14.4 Å². The van der Waals surface area contributed by atoms with Crippen LogP contribution in [0.25, 0.3) is 0 Å². The van der Waals surface area contributed by atoms with Crippen LogP contribution in [0.4, 0.5) is 11.4 Å². The second-order valence-electron chi connectivity index (χ2n) is 7.12. The van der Waals surface area contributed by atoms with Crippen molar-refractivity contribution < 1.29 is 23.9 Å². The Balaban J connectivity index is 1.96. The van der Waals surface area contributed by atoms with Crippen LogP contribution in [0, 0.1) is 0 Å². The van der Waals surface area contributed by atoms with Crippen molar-refractivity contribution in [3.8, 4) is 0 Å². The van der Waals surface area contributed by atoms with E-state index in [4.69, 9.17) is 4.74 Å². The molecule has 2 fully saturated rings. The molecule has 8 nitrogen and oxygen atoms in total. The molecule has 1 N–H and O–H groups in total. The van der Waals surface area contributed by atoms with Crippen molar-refractivity contribution in [1.29, 1.82) is 0 Å². The zero-order chi connectivity index (χ0) is 20.8. The first-order chi connectivity index (χ1) is 14.0. The summed E-state index contributed by atoms with van der Waals surface area (Å²) < 4.78 is 9.43. The molecule has 0 aliphatic carbocycles. The highest BCUT2D eigenvalue weighted by Crippen LogP contribution is 2.32. The lowest BCUT2D eigenvalue weighted by atomic mass is 10.1. The number of amides is 1. The summed E-state index contributed by atoms with van der Waals surface area (Å²) >= 11 is 0. The first-order valence-corrected chi connectivity index (χ1v) is 9.86. The molecule has 156 valence electrons. The molecule has 1 aromatic rings. The second kappa shape index (κ2) is 9.45. The Kier molecular flexibility index (Phi) is 6.74. The molecule has 0 radical (unpaired) electrons. The Morgan fingerprint density at radius 3 is 2.24 bits per heavy atom. The predicted octanol–water partition coefficient (Wildman–Crippen LogP) is 2.16. The van der Waals surface area contributed by atoms with E-state index in [2.05, 4.69) is 15.0 Å². The lowest BCUT2D eigenvalue weighted by molar-refractivity contribution is -0.138. The molecule has 0 bridgehead atoms. The minimum atomic E-state index is -0.695. The molecule has 0 spiro atoms. The molecule has 3 rings (SSSR count). The first-order valence-electron chi connectivity index (χ1n) is 9.86. The molecule has 0 saturated carbocycles. The van der Waals surface area contributed by atoms with Crippen molar-refractivity contribution in [2.75, 3.05) is 50.6 Å². The summed E-state index contributed by atoms with van der Waals surface area (Å²) in [7, 11) is 2.47. The second-order valence-corrected chi connectivity index (χ2v) is 7.12. The molecule has 2 saturated heterocycles. The summed E-state index contributed by atoms with van der Waals surface area (Å²) in [4.78, 5) is 40.7. The molecule has 0 aromatic heterocycles. The summed E-state index contributed by atoms with van der Waals surface area (Å²) in [5.41, 5.74) is 1.95. The van der Waals surface area contributed by atoms with Gasteiger partial charge >= 0.3 is 11.9 Å². The average Bonchev–Trinajstić information content (AvgIpc) is 3.46. The Morgan fingerprint density at radius 2 is 1.62 bits per heavy atom. The number of hydrogen-bond acceptors (Lipinski definition) is 7.